The summed E-state index contributed by atoms with van der Waals surface area (Å²) in [6, 6.07) is 5.42. The lowest BCUT2D eigenvalue weighted by molar-refractivity contribution is -0.116. The standard InChI is InChI=1S/C17H14FN5O3/c1-9-5-14(25)22(2)16-15(9)23(8-19-16)7-13(24)21-17-20-11-4-3-10(18)6-12(11)26-17/h3-6,8H,7H2,1-2H3,(H,20,21,24). The van der Waals surface area contributed by atoms with E-state index in [1.165, 1.54) is 35.2 Å². The van der Waals surface area contributed by atoms with Crippen LogP contribution in [0.3, 0.4) is 0 Å². The number of benzene rings is 1. The molecule has 1 N–H and O–H groups in total. The number of hydrogen-bond acceptors (Lipinski definition) is 5. The van der Waals surface area contributed by atoms with Crippen LogP contribution in [-0.2, 0) is 18.4 Å². The third-order valence-corrected chi connectivity index (χ3v) is 4.09. The average Bonchev–Trinajstić information content (AvgIpc) is 3.16. The van der Waals surface area contributed by atoms with Crippen molar-refractivity contribution in [1.82, 2.24) is 19.1 Å². The van der Waals surface area contributed by atoms with Crippen molar-refractivity contribution in [3.05, 3.63) is 52.3 Å². The van der Waals surface area contributed by atoms with Crippen LogP contribution in [-0.4, -0.2) is 25.0 Å². The van der Waals surface area contributed by atoms with E-state index in [1.807, 2.05) is 0 Å². The maximum Gasteiger partial charge on any atom is 0.302 e. The number of oxazole rings is 1. The topological polar surface area (TPSA) is 95.0 Å². The number of fused-ring (bicyclic) bond motifs is 2. The molecular formula is C17H14FN5O3. The van der Waals surface area contributed by atoms with Gasteiger partial charge in [-0.1, -0.05) is 0 Å². The summed E-state index contributed by atoms with van der Waals surface area (Å²) in [7, 11) is 1.62. The smallest absolute Gasteiger partial charge is 0.302 e. The highest BCUT2D eigenvalue weighted by atomic mass is 19.1. The van der Waals surface area contributed by atoms with Crippen LogP contribution in [0.4, 0.5) is 10.4 Å². The number of aromatic nitrogens is 4. The predicted molar refractivity (Wildman–Crippen MR) is 92.3 cm³/mol. The first-order chi connectivity index (χ1) is 12.4. The zero-order valence-electron chi connectivity index (χ0n) is 14.0. The molecule has 1 amide bonds. The minimum absolute atomic E-state index is 0.0101. The Morgan fingerprint density at radius 2 is 2.15 bits per heavy atom. The highest BCUT2D eigenvalue weighted by Crippen LogP contribution is 2.20. The van der Waals surface area contributed by atoms with Gasteiger partial charge in [-0.25, -0.2) is 9.37 Å². The van der Waals surface area contributed by atoms with Crippen molar-refractivity contribution in [2.45, 2.75) is 13.5 Å². The van der Waals surface area contributed by atoms with Crippen molar-refractivity contribution < 1.29 is 13.6 Å². The van der Waals surface area contributed by atoms with Crippen molar-refractivity contribution in [2.75, 3.05) is 5.32 Å². The number of anilines is 1. The summed E-state index contributed by atoms with van der Waals surface area (Å²) >= 11 is 0. The lowest BCUT2D eigenvalue weighted by atomic mass is 10.2. The highest BCUT2D eigenvalue weighted by Gasteiger charge is 2.15. The second kappa shape index (κ2) is 5.80. The van der Waals surface area contributed by atoms with Crippen LogP contribution < -0.4 is 10.9 Å². The minimum atomic E-state index is -0.447. The molecular weight excluding hydrogens is 341 g/mol. The number of amides is 1. The molecule has 0 fully saturated rings. The third kappa shape index (κ3) is 2.63. The second-order valence-electron chi connectivity index (χ2n) is 5.95. The van der Waals surface area contributed by atoms with Gasteiger partial charge in [0.2, 0.25) is 5.91 Å². The number of nitrogens with one attached hydrogen (secondary N) is 1. The molecule has 8 nitrogen and oxygen atoms in total. The van der Waals surface area contributed by atoms with E-state index in [0.717, 1.165) is 5.56 Å². The van der Waals surface area contributed by atoms with Crippen molar-refractivity contribution in [3.8, 4) is 0 Å². The maximum absolute atomic E-state index is 13.2. The van der Waals surface area contributed by atoms with Crippen molar-refractivity contribution in [2.24, 2.45) is 7.05 Å². The van der Waals surface area contributed by atoms with Crippen molar-refractivity contribution >= 4 is 34.2 Å². The summed E-state index contributed by atoms with van der Waals surface area (Å²) in [5.41, 5.74) is 2.45. The molecule has 9 heteroatoms. The number of carbonyl (C=O) groups excluding carboxylic acids is 1. The van der Waals surface area contributed by atoms with Crippen LogP contribution in [0.1, 0.15) is 5.56 Å². The number of rotatable bonds is 3. The molecule has 4 rings (SSSR count). The molecule has 0 unspecified atom stereocenters. The van der Waals surface area contributed by atoms with Crippen LogP contribution in [0.25, 0.3) is 22.3 Å². The van der Waals surface area contributed by atoms with Gasteiger partial charge in [0.1, 0.15) is 17.9 Å². The van der Waals surface area contributed by atoms with E-state index >= 15 is 0 Å². The fourth-order valence-electron chi connectivity index (χ4n) is 2.86. The lowest BCUT2D eigenvalue weighted by Crippen LogP contribution is -2.20. The summed E-state index contributed by atoms with van der Waals surface area (Å²) in [5, 5.41) is 2.54. The van der Waals surface area contributed by atoms with Gasteiger partial charge in [-0.05, 0) is 24.6 Å². The third-order valence-electron chi connectivity index (χ3n) is 4.09. The fourth-order valence-corrected chi connectivity index (χ4v) is 2.86. The Morgan fingerprint density at radius 1 is 1.35 bits per heavy atom. The van der Waals surface area contributed by atoms with Crippen LogP contribution in [0.15, 0.2) is 39.8 Å². The monoisotopic (exact) mass is 355 g/mol. The number of pyridine rings is 1. The van der Waals surface area contributed by atoms with Gasteiger partial charge in [0.05, 0.1) is 11.8 Å². The predicted octanol–water partition coefficient (Wildman–Crippen LogP) is 1.96. The molecule has 132 valence electrons. The summed E-state index contributed by atoms with van der Waals surface area (Å²) in [6.07, 6.45) is 1.50. The molecule has 0 aliphatic heterocycles. The summed E-state index contributed by atoms with van der Waals surface area (Å²) in [5.74, 6) is -0.831. The number of imidazole rings is 1. The Hall–Kier alpha value is -3.49. The zero-order chi connectivity index (χ0) is 18.4. The number of nitrogens with zero attached hydrogens (tertiary/aromatic N) is 4. The lowest BCUT2D eigenvalue weighted by Gasteiger charge is -2.07. The molecule has 4 aromatic rings. The van der Waals surface area contributed by atoms with Gasteiger partial charge >= 0.3 is 6.01 Å². The van der Waals surface area contributed by atoms with Crippen LogP contribution in [0.2, 0.25) is 0 Å². The Morgan fingerprint density at radius 3 is 2.96 bits per heavy atom. The van der Waals surface area contributed by atoms with Gasteiger partial charge in [-0.2, -0.15) is 4.98 Å². The summed E-state index contributed by atoms with van der Waals surface area (Å²) in [6.45, 7) is 1.75. The van der Waals surface area contributed by atoms with Gasteiger partial charge in [0.15, 0.2) is 11.2 Å². The van der Waals surface area contributed by atoms with E-state index in [1.54, 1.807) is 18.5 Å². The number of carbonyl (C=O) groups is 1. The van der Waals surface area contributed by atoms with Gasteiger partial charge in [-0.15, -0.1) is 0 Å². The van der Waals surface area contributed by atoms with Crippen molar-refractivity contribution in [1.29, 1.82) is 0 Å². The molecule has 0 spiro atoms. The zero-order valence-corrected chi connectivity index (χ0v) is 14.0. The first-order valence-electron chi connectivity index (χ1n) is 7.80. The second-order valence-corrected chi connectivity index (χ2v) is 5.95. The van der Waals surface area contributed by atoms with Gasteiger partial charge < -0.3 is 8.98 Å². The SMILES string of the molecule is Cc1cc(=O)n(C)c2ncn(CC(=O)Nc3nc4ccc(F)cc4o3)c12. The largest absolute Gasteiger partial charge is 0.423 e. The Labute approximate surface area is 145 Å². The average molecular weight is 355 g/mol. The van der Waals surface area contributed by atoms with E-state index in [0.29, 0.717) is 16.7 Å². The summed E-state index contributed by atoms with van der Waals surface area (Å²) < 4.78 is 21.6. The van der Waals surface area contributed by atoms with E-state index in [4.69, 9.17) is 4.42 Å². The van der Waals surface area contributed by atoms with Gasteiger partial charge in [0.25, 0.3) is 5.56 Å². The Balaban J connectivity index is 1.61. The number of hydrogen-bond donors (Lipinski definition) is 1. The molecule has 0 saturated heterocycles. The van der Waals surface area contributed by atoms with E-state index in [9.17, 15) is 14.0 Å². The fraction of sp³-hybridized carbons (Fsp3) is 0.176. The van der Waals surface area contributed by atoms with Gasteiger partial charge in [0, 0.05) is 19.2 Å². The first-order valence-corrected chi connectivity index (χ1v) is 7.80. The number of halogens is 1. The maximum atomic E-state index is 13.2. The van der Waals surface area contributed by atoms with Crippen LogP contribution in [0.5, 0.6) is 0 Å². The first kappa shape index (κ1) is 16.0. The van der Waals surface area contributed by atoms with E-state index in [2.05, 4.69) is 15.3 Å². The molecule has 3 aromatic heterocycles. The molecule has 0 bridgehead atoms. The molecule has 0 atom stereocenters. The molecule has 0 saturated carbocycles. The van der Waals surface area contributed by atoms with Gasteiger partial charge in [-0.3, -0.25) is 19.5 Å². The molecule has 0 radical (unpaired) electrons. The molecule has 0 aliphatic rings. The molecule has 3 heterocycles. The Bertz CT molecular complexity index is 1220. The molecule has 26 heavy (non-hydrogen) atoms. The highest BCUT2D eigenvalue weighted by molar-refractivity contribution is 5.91. The quantitative estimate of drug-likeness (QED) is 0.606. The molecule has 1 aromatic carbocycles. The number of aryl methyl sites for hydroxylation is 2. The van der Waals surface area contributed by atoms with Crippen molar-refractivity contribution in [3.63, 3.8) is 0 Å². The Kier molecular flexibility index (Phi) is 3.57. The molecule has 0 aliphatic carbocycles. The normalized spacial score (nSPS) is 11.3. The van der Waals surface area contributed by atoms with E-state index < -0.39 is 5.82 Å². The minimum Gasteiger partial charge on any atom is -0.423 e. The van der Waals surface area contributed by atoms with Crippen LogP contribution >= 0.6 is 0 Å². The summed E-state index contributed by atoms with van der Waals surface area (Å²) in [4.78, 5) is 32.5. The van der Waals surface area contributed by atoms with Crippen LogP contribution in [0, 0.1) is 12.7 Å². The van der Waals surface area contributed by atoms with E-state index in [-0.39, 0.29) is 29.6 Å².